The molecule has 1 aromatic heterocycles. The lowest BCUT2D eigenvalue weighted by Crippen LogP contribution is -2.14. The topological polar surface area (TPSA) is 98.0 Å². The number of amides is 1. The predicted molar refractivity (Wildman–Crippen MR) is 78.5 cm³/mol. The number of hydrogen-bond donors (Lipinski definition) is 1. The third-order valence-electron chi connectivity index (χ3n) is 2.27. The van der Waals surface area contributed by atoms with Crippen LogP contribution in [0.5, 0.6) is 0 Å². The molecule has 2 rings (SSSR count). The number of aromatic nitrogens is 2. The number of nitrogens with zero attached hydrogens (tertiary/aromatic N) is 3. The van der Waals surface area contributed by atoms with Crippen LogP contribution in [0.25, 0.3) is 0 Å². The number of nitrogens with one attached hydrogen (secondary N) is 1. The number of hydrogen-bond acceptors (Lipinski definition) is 5. The van der Waals surface area contributed by atoms with Gasteiger partial charge in [-0.1, -0.05) is 0 Å². The number of nitro groups is 1. The Morgan fingerprint density at radius 1 is 1.25 bits per heavy atom. The average molecular weight is 402 g/mol. The van der Waals surface area contributed by atoms with E-state index in [2.05, 4.69) is 47.1 Å². The molecule has 7 nitrogen and oxygen atoms in total. The molecule has 9 heteroatoms. The molecule has 0 spiro atoms. The summed E-state index contributed by atoms with van der Waals surface area (Å²) >= 11 is 6.30. The van der Waals surface area contributed by atoms with Crippen molar-refractivity contribution in [2.45, 2.75) is 0 Å². The highest BCUT2D eigenvalue weighted by molar-refractivity contribution is 9.10. The number of halogens is 2. The van der Waals surface area contributed by atoms with Crippen molar-refractivity contribution in [1.82, 2.24) is 9.97 Å². The normalized spacial score (nSPS) is 10.1. The zero-order valence-electron chi connectivity index (χ0n) is 9.71. The molecule has 1 amide bonds. The van der Waals surface area contributed by atoms with Crippen LogP contribution in [0.3, 0.4) is 0 Å². The molecule has 1 N–H and O–H groups in total. The van der Waals surface area contributed by atoms with Gasteiger partial charge in [-0.15, -0.1) is 0 Å². The smallest absolute Gasteiger partial charge is 0.270 e. The van der Waals surface area contributed by atoms with E-state index in [9.17, 15) is 14.9 Å². The SMILES string of the molecule is O=C(Nc1cnc(Br)cn1)c1cc([N+](=O)[O-])ccc1Br. The van der Waals surface area contributed by atoms with Gasteiger partial charge < -0.3 is 5.32 Å². The van der Waals surface area contributed by atoms with Crippen molar-refractivity contribution in [3.63, 3.8) is 0 Å². The summed E-state index contributed by atoms with van der Waals surface area (Å²) in [6.45, 7) is 0. The van der Waals surface area contributed by atoms with Crippen molar-refractivity contribution in [2.24, 2.45) is 0 Å². The minimum Gasteiger partial charge on any atom is -0.305 e. The standard InChI is InChI=1S/C11H6Br2N4O3/c12-8-2-1-6(17(19)20)3-7(8)11(18)16-10-5-14-9(13)4-15-10/h1-5H,(H,15,16,18). The third kappa shape index (κ3) is 3.36. The van der Waals surface area contributed by atoms with Crippen LogP contribution in [0.1, 0.15) is 10.4 Å². The molecule has 1 aromatic carbocycles. The molecule has 0 aliphatic rings. The molecule has 0 aliphatic carbocycles. The number of carbonyl (C=O) groups excluding carboxylic acids is 1. The highest BCUT2D eigenvalue weighted by Gasteiger charge is 2.16. The van der Waals surface area contributed by atoms with Crippen molar-refractivity contribution in [1.29, 1.82) is 0 Å². The zero-order chi connectivity index (χ0) is 14.7. The lowest BCUT2D eigenvalue weighted by molar-refractivity contribution is -0.384. The molecule has 0 aliphatic heterocycles. The van der Waals surface area contributed by atoms with Gasteiger partial charge in [0.25, 0.3) is 11.6 Å². The second kappa shape index (κ2) is 6.06. The molecule has 102 valence electrons. The van der Waals surface area contributed by atoms with Gasteiger partial charge in [-0.05, 0) is 37.9 Å². The first-order valence-corrected chi connectivity index (χ1v) is 6.79. The lowest BCUT2D eigenvalue weighted by atomic mass is 10.2. The van der Waals surface area contributed by atoms with E-state index in [4.69, 9.17) is 0 Å². The summed E-state index contributed by atoms with van der Waals surface area (Å²) in [5, 5.41) is 13.2. The van der Waals surface area contributed by atoms with Crippen LogP contribution < -0.4 is 5.32 Å². The highest BCUT2D eigenvalue weighted by atomic mass is 79.9. The summed E-state index contributed by atoms with van der Waals surface area (Å²) in [7, 11) is 0. The first-order chi connectivity index (χ1) is 9.47. The van der Waals surface area contributed by atoms with Gasteiger partial charge >= 0.3 is 0 Å². The van der Waals surface area contributed by atoms with Crippen LogP contribution in [-0.2, 0) is 0 Å². The van der Waals surface area contributed by atoms with E-state index in [1.54, 1.807) is 0 Å². The van der Waals surface area contributed by atoms with Crippen LogP contribution in [-0.4, -0.2) is 20.8 Å². The molecule has 0 unspecified atom stereocenters. The molecule has 2 aromatic rings. The molecule has 0 saturated carbocycles. The summed E-state index contributed by atoms with van der Waals surface area (Å²) in [6, 6.07) is 3.94. The Morgan fingerprint density at radius 2 is 2.00 bits per heavy atom. The fourth-order valence-electron chi connectivity index (χ4n) is 1.36. The van der Waals surface area contributed by atoms with Crippen LogP contribution in [0.4, 0.5) is 11.5 Å². The van der Waals surface area contributed by atoms with Crippen LogP contribution in [0.15, 0.2) is 39.7 Å². The van der Waals surface area contributed by atoms with Crippen molar-refractivity contribution in [3.8, 4) is 0 Å². The Labute approximate surface area is 129 Å². The van der Waals surface area contributed by atoms with Crippen LogP contribution >= 0.6 is 31.9 Å². The molecule has 0 saturated heterocycles. The van der Waals surface area contributed by atoms with Gasteiger partial charge in [-0.25, -0.2) is 9.97 Å². The minimum atomic E-state index is -0.567. The molecule has 1 heterocycles. The van der Waals surface area contributed by atoms with Gasteiger partial charge in [-0.3, -0.25) is 14.9 Å². The summed E-state index contributed by atoms with van der Waals surface area (Å²) in [6.07, 6.45) is 2.80. The summed E-state index contributed by atoms with van der Waals surface area (Å²) < 4.78 is 0.984. The molecule has 0 radical (unpaired) electrons. The number of rotatable bonds is 3. The van der Waals surface area contributed by atoms with Crippen molar-refractivity contribution in [2.75, 3.05) is 5.32 Å². The number of benzene rings is 1. The van der Waals surface area contributed by atoms with Gasteiger partial charge in [0.15, 0.2) is 5.82 Å². The van der Waals surface area contributed by atoms with Crippen molar-refractivity contribution >= 4 is 49.3 Å². The van der Waals surface area contributed by atoms with Gasteiger partial charge in [0, 0.05) is 16.6 Å². The van der Waals surface area contributed by atoms with Gasteiger partial charge in [0.05, 0.1) is 22.9 Å². The quantitative estimate of drug-likeness (QED) is 0.629. The van der Waals surface area contributed by atoms with E-state index in [0.717, 1.165) is 0 Å². The largest absolute Gasteiger partial charge is 0.305 e. The Morgan fingerprint density at radius 3 is 2.60 bits per heavy atom. The second-order valence-corrected chi connectivity index (χ2v) is 5.27. The van der Waals surface area contributed by atoms with Crippen LogP contribution in [0, 0.1) is 10.1 Å². The van der Waals surface area contributed by atoms with Gasteiger partial charge in [0.1, 0.15) is 4.60 Å². The van der Waals surface area contributed by atoms with E-state index in [1.165, 1.54) is 30.6 Å². The maximum absolute atomic E-state index is 12.1. The number of non-ortho nitro benzene ring substituents is 1. The Bertz CT molecular complexity index is 676. The predicted octanol–water partition coefficient (Wildman–Crippen LogP) is 3.16. The zero-order valence-corrected chi connectivity index (χ0v) is 12.9. The Kier molecular flexibility index (Phi) is 4.40. The first kappa shape index (κ1) is 14.5. The molecule has 0 fully saturated rings. The molecular formula is C11H6Br2N4O3. The Hall–Kier alpha value is -1.87. The van der Waals surface area contributed by atoms with Gasteiger partial charge in [-0.2, -0.15) is 0 Å². The van der Waals surface area contributed by atoms with Crippen molar-refractivity contribution < 1.29 is 9.72 Å². The Balaban J connectivity index is 2.26. The summed E-state index contributed by atoms with van der Waals surface area (Å²) in [4.78, 5) is 30.1. The molecular weight excluding hydrogens is 396 g/mol. The maximum atomic E-state index is 12.1. The maximum Gasteiger partial charge on any atom is 0.270 e. The fourth-order valence-corrected chi connectivity index (χ4v) is 1.99. The number of anilines is 1. The first-order valence-electron chi connectivity index (χ1n) is 5.20. The van der Waals surface area contributed by atoms with E-state index >= 15 is 0 Å². The molecule has 20 heavy (non-hydrogen) atoms. The monoisotopic (exact) mass is 400 g/mol. The third-order valence-corrected chi connectivity index (χ3v) is 3.37. The van der Waals surface area contributed by atoms with Gasteiger partial charge in [0.2, 0.25) is 0 Å². The van der Waals surface area contributed by atoms with E-state index in [1.807, 2.05) is 0 Å². The highest BCUT2D eigenvalue weighted by Crippen LogP contribution is 2.23. The molecule has 0 bridgehead atoms. The number of nitro benzene ring substituents is 1. The average Bonchev–Trinajstić information content (AvgIpc) is 2.41. The van der Waals surface area contributed by atoms with E-state index in [-0.39, 0.29) is 17.1 Å². The van der Waals surface area contributed by atoms with E-state index < -0.39 is 10.8 Å². The van der Waals surface area contributed by atoms with Crippen LogP contribution in [0.2, 0.25) is 0 Å². The second-order valence-electron chi connectivity index (χ2n) is 3.60. The minimum absolute atomic E-state index is 0.143. The molecule has 0 atom stereocenters. The van der Waals surface area contributed by atoms with E-state index in [0.29, 0.717) is 9.08 Å². The summed E-state index contributed by atoms with van der Waals surface area (Å²) in [5.74, 6) is -0.270. The number of carbonyl (C=O) groups is 1. The summed E-state index contributed by atoms with van der Waals surface area (Å²) in [5.41, 5.74) is -0.0239. The van der Waals surface area contributed by atoms with Crippen molar-refractivity contribution in [3.05, 3.63) is 55.3 Å². The fraction of sp³-hybridized carbons (Fsp3) is 0. The lowest BCUT2D eigenvalue weighted by Gasteiger charge is -2.05.